The summed E-state index contributed by atoms with van der Waals surface area (Å²) in [5.74, 6) is 0.320. The molecule has 0 saturated carbocycles. The first-order valence-corrected chi connectivity index (χ1v) is 8.77. The van der Waals surface area contributed by atoms with Crippen LogP contribution in [0.25, 0.3) is 21.9 Å². The number of amides is 1. The SMILES string of the molecule is Cn1cc(-c2ccc3c(=O)[nH]c(NC(=O)CN4CCCC4)cc3c2)cn1. The van der Waals surface area contributed by atoms with Crippen molar-refractivity contribution in [2.75, 3.05) is 25.0 Å². The van der Waals surface area contributed by atoms with Gasteiger partial charge in [-0.3, -0.25) is 19.2 Å². The summed E-state index contributed by atoms with van der Waals surface area (Å²) >= 11 is 0. The Kier molecular flexibility index (Phi) is 4.30. The van der Waals surface area contributed by atoms with E-state index in [1.165, 1.54) is 0 Å². The number of carbonyl (C=O) groups is 1. The number of benzene rings is 1. The number of carbonyl (C=O) groups excluding carboxylic acids is 1. The van der Waals surface area contributed by atoms with Crippen LogP contribution < -0.4 is 10.9 Å². The van der Waals surface area contributed by atoms with Gasteiger partial charge in [-0.1, -0.05) is 6.07 Å². The van der Waals surface area contributed by atoms with Gasteiger partial charge in [0.2, 0.25) is 5.91 Å². The van der Waals surface area contributed by atoms with E-state index in [0.717, 1.165) is 42.4 Å². The predicted octanol–water partition coefficient (Wildman–Crippen LogP) is 1.96. The Morgan fingerprint density at radius 1 is 1.23 bits per heavy atom. The average Bonchev–Trinajstić information content (AvgIpc) is 3.26. The van der Waals surface area contributed by atoms with Gasteiger partial charge >= 0.3 is 0 Å². The van der Waals surface area contributed by atoms with E-state index in [1.54, 1.807) is 23.0 Å². The zero-order valence-corrected chi connectivity index (χ0v) is 14.7. The van der Waals surface area contributed by atoms with Crippen molar-refractivity contribution in [1.82, 2.24) is 19.7 Å². The molecule has 134 valence electrons. The zero-order chi connectivity index (χ0) is 18.1. The minimum atomic E-state index is -0.211. The van der Waals surface area contributed by atoms with Crippen LogP contribution in [0.5, 0.6) is 0 Å². The third-order valence-corrected chi connectivity index (χ3v) is 4.72. The number of anilines is 1. The van der Waals surface area contributed by atoms with Gasteiger partial charge in [0.05, 0.1) is 12.7 Å². The Bertz CT molecular complexity index is 1010. The molecule has 0 spiro atoms. The molecule has 0 radical (unpaired) electrons. The highest BCUT2D eigenvalue weighted by Gasteiger charge is 2.15. The second kappa shape index (κ2) is 6.76. The van der Waals surface area contributed by atoms with Gasteiger partial charge in [0.1, 0.15) is 5.82 Å². The molecule has 0 unspecified atom stereocenters. The molecular formula is C19H21N5O2. The maximum Gasteiger partial charge on any atom is 0.257 e. The molecule has 7 nitrogen and oxygen atoms in total. The van der Waals surface area contributed by atoms with E-state index in [1.807, 2.05) is 25.4 Å². The van der Waals surface area contributed by atoms with Crippen LogP contribution in [0.2, 0.25) is 0 Å². The molecule has 0 atom stereocenters. The van der Waals surface area contributed by atoms with Crippen LogP contribution in [0.1, 0.15) is 12.8 Å². The Labute approximate surface area is 150 Å². The Hall–Kier alpha value is -2.93. The largest absolute Gasteiger partial charge is 0.311 e. The second-order valence-corrected chi connectivity index (χ2v) is 6.75. The molecule has 0 bridgehead atoms. The molecule has 4 rings (SSSR count). The molecule has 3 heterocycles. The first kappa shape index (κ1) is 16.5. The number of hydrogen-bond acceptors (Lipinski definition) is 4. The van der Waals surface area contributed by atoms with Crippen molar-refractivity contribution in [2.24, 2.45) is 7.05 Å². The number of aryl methyl sites for hydroxylation is 1. The van der Waals surface area contributed by atoms with E-state index in [0.29, 0.717) is 17.7 Å². The van der Waals surface area contributed by atoms with Crippen LogP contribution in [-0.2, 0) is 11.8 Å². The number of aromatic nitrogens is 3. The van der Waals surface area contributed by atoms with E-state index >= 15 is 0 Å². The van der Waals surface area contributed by atoms with Gasteiger partial charge in [-0.15, -0.1) is 0 Å². The Morgan fingerprint density at radius 2 is 2.04 bits per heavy atom. The lowest BCUT2D eigenvalue weighted by atomic mass is 10.0. The molecule has 26 heavy (non-hydrogen) atoms. The summed E-state index contributed by atoms with van der Waals surface area (Å²) in [6, 6.07) is 7.45. The highest BCUT2D eigenvalue weighted by atomic mass is 16.2. The van der Waals surface area contributed by atoms with E-state index < -0.39 is 0 Å². The summed E-state index contributed by atoms with van der Waals surface area (Å²) in [7, 11) is 1.86. The predicted molar refractivity (Wildman–Crippen MR) is 101 cm³/mol. The summed E-state index contributed by atoms with van der Waals surface area (Å²) in [5.41, 5.74) is 1.75. The molecule has 3 aromatic rings. The van der Waals surface area contributed by atoms with Gasteiger partial charge in [-0.05, 0) is 55.1 Å². The fourth-order valence-corrected chi connectivity index (χ4v) is 3.42. The first-order chi connectivity index (χ1) is 12.6. The summed E-state index contributed by atoms with van der Waals surface area (Å²) in [5, 5.41) is 8.37. The highest BCUT2D eigenvalue weighted by Crippen LogP contribution is 2.23. The van der Waals surface area contributed by atoms with Gasteiger partial charge < -0.3 is 10.3 Å². The van der Waals surface area contributed by atoms with Gasteiger partial charge in [0, 0.05) is 24.2 Å². The Morgan fingerprint density at radius 3 is 2.77 bits per heavy atom. The summed E-state index contributed by atoms with van der Waals surface area (Å²) in [6.45, 7) is 2.27. The second-order valence-electron chi connectivity index (χ2n) is 6.75. The van der Waals surface area contributed by atoms with E-state index in [-0.39, 0.29) is 11.5 Å². The smallest absolute Gasteiger partial charge is 0.257 e. The quantitative estimate of drug-likeness (QED) is 0.753. The molecule has 0 aliphatic carbocycles. The maximum absolute atomic E-state index is 12.3. The zero-order valence-electron chi connectivity index (χ0n) is 14.7. The molecule has 7 heteroatoms. The molecule has 1 saturated heterocycles. The van der Waals surface area contributed by atoms with Crippen molar-refractivity contribution in [1.29, 1.82) is 0 Å². The molecule has 2 aromatic heterocycles. The standard InChI is InChI=1S/C19H21N5O2/c1-23-11-15(10-20-23)13-4-5-16-14(8-13)9-17(22-19(16)26)21-18(25)12-24-6-2-3-7-24/h4-5,8-11H,2-3,6-7,12H2,1H3,(H2,21,22,25,26). The maximum atomic E-state index is 12.3. The number of hydrogen-bond donors (Lipinski definition) is 2. The third-order valence-electron chi connectivity index (χ3n) is 4.72. The van der Waals surface area contributed by atoms with E-state index in [2.05, 4.69) is 20.3 Å². The van der Waals surface area contributed by atoms with Crippen LogP contribution in [-0.4, -0.2) is 45.2 Å². The monoisotopic (exact) mass is 351 g/mol. The van der Waals surface area contributed by atoms with Gasteiger partial charge in [-0.25, -0.2) is 0 Å². The fourth-order valence-electron chi connectivity index (χ4n) is 3.42. The van der Waals surface area contributed by atoms with Crippen molar-refractivity contribution >= 4 is 22.5 Å². The van der Waals surface area contributed by atoms with Crippen LogP contribution >= 0.6 is 0 Å². The van der Waals surface area contributed by atoms with Crippen molar-refractivity contribution in [2.45, 2.75) is 12.8 Å². The van der Waals surface area contributed by atoms with Crippen molar-refractivity contribution < 1.29 is 4.79 Å². The minimum absolute atomic E-state index is 0.106. The number of fused-ring (bicyclic) bond motifs is 1. The fraction of sp³-hybridized carbons (Fsp3) is 0.316. The molecular weight excluding hydrogens is 330 g/mol. The van der Waals surface area contributed by atoms with Gasteiger partial charge in [-0.2, -0.15) is 5.10 Å². The number of nitrogens with one attached hydrogen (secondary N) is 2. The number of rotatable bonds is 4. The summed E-state index contributed by atoms with van der Waals surface area (Å²) in [4.78, 5) is 29.4. The number of nitrogens with zero attached hydrogens (tertiary/aromatic N) is 3. The summed E-state index contributed by atoms with van der Waals surface area (Å²) in [6.07, 6.45) is 5.98. The summed E-state index contributed by atoms with van der Waals surface area (Å²) < 4.78 is 1.74. The van der Waals surface area contributed by atoms with Gasteiger partial charge in [0.25, 0.3) is 5.56 Å². The highest BCUT2D eigenvalue weighted by molar-refractivity contribution is 5.94. The van der Waals surface area contributed by atoms with Crippen molar-refractivity contribution in [3.63, 3.8) is 0 Å². The van der Waals surface area contributed by atoms with Crippen molar-refractivity contribution in [3.05, 3.63) is 47.0 Å². The lowest BCUT2D eigenvalue weighted by Gasteiger charge is -2.14. The number of pyridine rings is 1. The lowest BCUT2D eigenvalue weighted by molar-refractivity contribution is -0.117. The molecule has 1 aliphatic rings. The Balaban J connectivity index is 1.61. The average molecular weight is 351 g/mol. The molecule has 1 aromatic carbocycles. The lowest BCUT2D eigenvalue weighted by Crippen LogP contribution is -2.31. The minimum Gasteiger partial charge on any atom is -0.311 e. The van der Waals surface area contributed by atoms with Crippen molar-refractivity contribution in [3.8, 4) is 11.1 Å². The van der Waals surface area contributed by atoms with E-state index in [9.17, 15) is 9.59 Å². The van der Waals surface area contributed by atoms with Crippen LogP contribution in [0.4, 0.5) is 5.82 Å². The van der Waals surface area contributed by atoms with Crippen LogP contribution in [0.15, 0.2) is 41.5 Å². The van der Waals surface area contributed by atoms with E-state index in [4.69, 9.17) is 0 Å². The molecule has 1 aliphatic heterocycles. The normalized spacial score (nSPS) is 14.8. The van der Waals surface area contributed by atoms with Crippen LogP contribution in [0.3, 0.4) is 0 Å². The number of H-pyrrole nitrogens is 1. The number of aromatic amines is 1. The molecule has 1 fully saturated rings. The number of likely N-dealkylation sites (tertiary alicyclic amines) is 1. The molecule has 1 amide bonds. The van der Waals surface area contributed by atoms with Gasteiger partial charge in [0.15, 0.2) is 0 Å². The first-order valence-electron chi connectivity index (χ1n) is 8.77. The topological polar surface area (TPSA) is 83.0 Å². The molecule has 2 N–H and O–H groups in total. The third kappa shape index (κ3) is 3.39. The van der Waals surface area contributed by atoms with Crippen LogP contribution in [0, 0.1) is 0 Å².